The molecule has 3 heteroatoms. The van der Waals surface area contributed by atoms with Gasteiger partial charge < -0.3 is 9.47 Å². The van der Waals surface area contributed by atoms with Gasteiger partial charge in [0, 0.05) is 0 Å². The van der Waals surface area contributed by atoms with Crippen LogP contribution < -0.4 is 4.74 Å². The maximum Gasteiger partial charge on any atom is 0.338 e. The molecule has 110 valence electrons. The predicted octanol–water partition coefficient (Wildman–Crippen LogP) is 4.22. The fourth-order valence-corrected chi connectivity index (χ4v) is 1.81. The van der Waals surface area contributed by atoms with Crippen molar-refractivity contribution in [3.8, 4) is 5.75 Å². The molecular weight excluding hydrogens is 264 g/mol. The van der Waals surface area contributed by atoms with Crippen molar-refractivity contribution >= 4 is 5.97 Å². The highest BCUT2D eigenvalue weighted by Gasteiger charge is 2.17. The summed E-state index contributed by atoms with van der Waals surface area (Å²) < 4.78 is 11.0. The molecular formula is C18H20O3. The Hall–Kier alpha value is -2.29. The van der Waals surface area contributed by atoms with Gasteiger partial charge in [0.2, 0.25) is 0 Å². The molecule has 0 radical (unpaired) electrons. The zero-order valence-corrected chi connectivity index (χ0v) is 12.6. The van der Waals surface area contributed by atoms with Crippen LogP contribution in [0.1, 0.15) is 36.7 Å². The summed E-state index contributed by atoms with van der Waals surface area (Å²) in [4.78, 5) is 12.0. The van der Waals surface area contributed by atoms with E-state index in [2.05, 4.69) is 0 Å². The first-order valence-electron chi connectivity index (χ1n) is 6.94. The smallest absolute Gasteiger partial charge is 0.338 e. The van der Waals surface area contributed by atoms with Gasteiger partial charge in [0.05, 0.1) is 5.56 Å². The monoisotopic (exact) mass is 284 g/mol. The molecule has 0 spiro atoms. The van der Waals surface area contributed by atoms with Gasteiger partial charge in [-0.05, 0) is 50.6 Å². The SMILES string of the molecule is CC(C)(C)OC(=O)c1cccc(COc2ccccc2)c1. The third-order valence-corrected chi connectivity index (χ3v) is 2.71. The van der Waals surface area contributed by atoms with Crippen LogP contribution in [0.5, 0.6) is 5.75 Å². The zero-order chi connectivity index (χ0) is 15.3. The molecule has 0 amide bonds. The third kappa shape index (κ3) is 4.95. The number of hydrogen-bond donors (Lipinski definition) is 0. The van der Waals surface area contributed by atoms with Crippen molar-refractivity contribution in [2.45, 2.75) is 33.0 Å². The molecule has 2 aromatic carbocycles. The van der Waals surface area contributed by atoms with Crippen molar-refractivity contribution in [3.05, 3.63) is 65.7 Å². The van der Waals surface area contributed by atoms with E-state index in [0.717, 1.165) is 11.3 Å². The van der Waals surface area contributed by atoms with Crippen LogP contribution in [0.15, 0.2) is 54.6 Å². The first-order valence-corrected chi connectivity index (χ1v) is 6.94. The number of para-hydroxylation sites is 1. The number of carbonyl (C=O) groups excluding carboxylic acids is 1. The van der Waals surface area contributed by atoms with Crippen molar-refractivity contribution < 1.29 is 14.3 Å². The van der Waals surface area contributed by atoms with Gasteiger partial charge in [-0.1, -0.05) is 30.3 Å². The molecule has 0 bridgehead atoms. The maximum absolute atomic E-state index is 12.0. The molecule has 0 atom stereocenters. The topological polar surface area (TPSA) is 35.5 Å². The van der Waals surface area contributed by atoms with Crippen molar-refractivity contribution in [1.82, 2.24) is 0 Å². The van der Waals surface area contributed by atoms with E-state index in [1.165, 1.54) is 0 Å². The van der Waals surface area contributed by atoms with Gasteiger partial charge in [0.25, 0.3) is 0 Å². The summed E-state index contributed by atoms with van der Waals surface area (Å²) in [7, 11) is 0. The van der Waals surface area contributed by atoms with E-state index in [1.54, 1.807) is 12.1 Å². The normalized spacial score (nSPS) is 11.0. The summed E-state index contributed by atoms with van der Waals surface area (Å²) in [6.07, 6.45) is 0. The molecule has 0 aromatic heterocycles. The first kappa shape index (κ1) is 15.1. The largest absolute Gasteiger partial charge is 0.489 e. The Morgan fingerprint density at radius 2 is 1.71 bits per heavy atom. The predicted molar refractivity (Wildman–Crippen MR) is 82.4 cm³/mol. The first-order chi connectivity index (χ1) is 9.94. The molecule has 3 nitrogen and oxygen atoms in total. The van der Waals surface area contributed by atoms with E-state index < -0.39 is 5.60 Å². The number of rotatable bonds is 4. The fraction of sp³-hybridized carbons (Fsp3) is 0.278. The van der Waals surface area contributed by atoms with Crippen LogP contribution in [0.3, 0.4) is 0 Å². The number of benzene rings is 2. The summed E-state index contributed by atoms with van der Waals surface area (Å²) in [6.45, 7) is 5.98. The molecule has 0 N–H and O–H groups in total. The van der Waals surface area contributed by atoms with Gasteiger partial charge in [-0.25, -0.2) is 4.79 Å². The van der Waals surface area contributed by atoms with Crippen LogP contribution in [-0.4, -0.2) is 11.6 Å². The van der Waals surface area contributed by atoms with Crippen LogP contribution in [0, 0.1) is 0 Å². The van der Waals surface area contributed by atoms with E-state index in [9.17, 15) is 4.79 Å². The molecule has 0 aliphatic rings. The highest BCUT2D eigenvalue weighted by Crippen LogP contribution is 2.15. The van der Waals surface area contributed by atoms with Crippen LogP contribution in [0.25, 0.3) is 0 Å². The lowest BCUT2D eigenvalue weighted by atomic mass is 10.1. The lowest BCUT2D eigenvalue weighted by Gasteiger charge is -2.19. The van der Waals surface area contributed by atoms with Crippen molar-refractivity contribution in [1.29, 1.82) is 0 Å². The van der Waals surface area contributed by atoms with Gasteiger partial charge in [0.15, 0.2) is 0 Å². The molecule has 0 unspecified atom stereocenters. The molecule has 2 aromatic rings. The summed E-state index contributed by atoms with van der Waals surface area (Å²) in [5.41, 5.74) is 0.981. The van der Waals surface area contributed by atoms with E-state index in [1.807, 2.05) is 63.2 Å². The van der Waals surface area contributed by atoms with Gasteiger partial charge in [-0.15, -0.1) is 0 Å². The quantitative estimate of drug-likeness (QED) is 0.788. The van der Waals surface area contributed by atoms with Crippen molar-refractivity contribution in [2.75, 3.05) is 0 Å². The van der Waals surface area contributed by atoms with Crippen LogP contribution in [-0.2, 0) is 11.3 Å². The van der Waals surface area contributed by atoms with E-state index in [4.69, 9.17) is 9.47 Å². The number of hydrogen-bond acceptors (Lipinski definition) is 3. The van der Waals surface area contributed by atoms with Crippen LogP contribution in [0.4, 0.5) is 0 Å². The molecule has 0 heterocycles. The molecule has 2 rings (SSSR count). The second-order valence-electron chi connectivity index (χ2n) is 5.80. The number of esters is 1. The average molecular weight is 284 g/mol. The fourth-order valence-electron chi connectivity index (χ4n) is 1.81. The van der Waals surface area contributed by atoms with Gasteiger partial charge >= 0.3 is 5.97 Å². The Balaban J connectivity index is 2.02. The number of ether oxygens (including phenoxy) is 2. The molecule has 0 aliphatic carbocycles. The Morgan fingerprint density at radius 1 is 1.00 bits per heavy atom. The van der Waals surface area contributed by atoms with Crippen molar-refractivity contribution in [2.24, 2.45) is 0 Å². The summed E-state index contributed by atoms with van der Waals surface area (Å²) >= 11 is 0. The minimum absolute atomic E-state index is 0.316. The highest BCUT2D eigenvalue weighted by atomic mass is 16.6. The molecule has 0 fully saturated rings. The van der Waals surface area contributed by atoms with E-state index in [-0.39, 0.29) is 5.97 Å². The summed E-state index contributed by atoms with van der Waals surface area (Å²) in [5, 5.41) is 0. The average Bonchev–Trinajstić information content (AvgIpc) is 2.45. The maximum atomic E-state index is 12.0. The Labute approximate surface area is 125 Å². The summed E-state index contributed by atoms with van der Waals surface area (Å²) in [5.74, 6) is 0.490. The van der Waals surface area contributed by atoms with Crippen molar-refractivity contribution in [3.63, 3.8) is 0 Å². The van der Waals surface area contributed by atoms with Gasteiger partial charge in [0.1, 0.15) is 18.0 Å². The van der Waals surface area contributed by atoms with Crippen LogP contribution in [0.2, 0.25) is 0 Å². The van der Waals surface area contributed by atoms with E-state index >= 15 is 0 Å². The Bertz CT molecular complexity index is 597. The lowest BCUT2D eigenvalue weighted by molar-refractivity contribution is 0.00694. The van der Waals surface area contributed by atoms with Crippen LogP contribution >= 0.6 is 0 Å². The second kappa shape index (κ2) is 6.44. The minimum Gasteiger partial charge on any atom is -0.489 e. The standard InChI is InChI=1S/C18H20O3/c1-18(2,3)21-17(19)15-9-7-8-14(12-15)13-20-16-10-5-4-6-11-16/h4-12H,13H2,1-3H3. The number of carbonyl (C=O) groups is 1. The molecule has 0 saturated heterocycles. The molecule has 0 saturated carbocycles. The molecule has 0 aliphatic heterocycles. The van der Waals surface area contributed by atoms with E-state index in [0.29, 0.717) is 12.2 Å². The second-order valence-corrected chi connectivity index (χ2v) is 5.80. The van der Waals surface area contributed by atoms with Gasteiger partial charge in [-0.3, -0.25) is 0 Å². The lowest BCUT2D eigenvalue weighted by Crippen LogP contribution is -2.23. The zero-order valence-electron chi connectivity index (χ0n) is 12.6. The Morgan fingerprint density at radius 3 is 2.38 bits per heavy atom. The van der Waals surface area contributed by atoms with Gasteiger partial charge in [-0.2, -0.15) is 0 Å². The molecule has 21 heavy (non-hydrogen) atoms. The Kier molecular flexibility index (Phi) is 4.63. The summed E-state index contributed by atoms with van der Waals surface area (Å²) in [6, 6.07) is 16.9. The minimum atomic E-state index is -0.492. The highest BCUT2D eigenvalue weighted by molar-refractivity contribution is 5.89. The third-order valence-electron chi connectivity index (χ3n) is 2.71.